The van der Waals surface area contributed by atoms with Gasteiger partial charge < -0.3 is 25.1 Å². The van der Waals surface area contributed by atoms with Crippen LogP contribution in [0.25, 0.3) is 0 Å². The monoisotopic (exact) mass is 560 g/mol. The van der Waals surface area contributed by atoms with Crippen LogP contribution < -0.4 is 16.0 Å². The number of benzene rings is 2. The lowest BCUT2D eigenvalue weighted by Gasteiger charge is -2.28. The number of carbonyl (C=O) groups is 3. The van der Waals surface area contributed by atoms with E-state index in [-0.39, 0.29) is 35.1 Å². The van der Waals surface area contributed by atoms with Crippen molar-refractivity contribution in [2.45, 2.75) is 19.8 Å². The third kappa shape index (κ3) is 6.42. The fourth-order valence-electron chi connectivity index (χ4n) is 4.06. The van der Waals surface area contributed by atoms with Gasteiger partial charge in [-0.1, -0.05) is 23.9 Å². The van der Waals surface area contributed by atoms with Crippen molar-refractivity contribution in [3.63, 3.8) is 0 Å². The van der Waals surface area contributed by atoms with Gasteiger partial charge in [-0.25, -0.2) is 9.18 Å². The highest BCUT2D eigenvalue weighted by Gasteiger charge is 2.36. The van der Waals surface area contributed by atoms with Crippen LogP contribution in [0.4, 0.5) is 15.8 Å². The Morgan fingerprint density at radius 3 is 2.50 bits per heavy atom. The number of hydrogen-bond donors (Lipinski definition) is 3. The summed E-state index contributed by atoms with van der Waals surface area (Å²) in [6, 6.07) is 17.5. The molecule has 1 aliphatic heterocycles. The standard InChI is InChI=1S/C29H25FN4O5S/c1-3-38-29(37)18-10-12-19(13-11-18)33-24(35)16-40-28-20(15-31)26(23-9-6-14-39-23)25(17(2)32-28)27(36)34-22-8-5-4-7-21(22)30/h4-14,26,32H,3,16H2,1-2H3,(H,33,35)(H,34,36)/t26-/m1/s1. The van der Waals surface area contributed by atoms with Crippen molar-refractivity contribution in [3.05, 3.63) is 106 Å². The second kappa shape index (κ2) is 12.8. The summed E-state index contributed by atoms with van der Waals surface area (Å²) < 4.78 is 24.8. The summed E-state index contributed by atoms with van der Waals surface area (Å²) in [4.78, 5) is 37.8. The maximum Gasteiger partial charge on any atom is 0.338 e. The molecule has 0 saturated carbocycles. The Kier molecular flexibility index (Phi) is 9.04. The summed E-state index contributed by atoms with van der Waals surface area (Å²) in [5.74, 6) is -2.58. The molecule has 2 amide bonds. The molecule has 0 saturated heterocycles. The summed E-state index contributed by atoms with van der Waals surface area (Å²) in [5, 5.41) is 18.9. The van der Waals surface area contributed by atoms with Gasteiger partial charge in [-0.05, 0) is 62.4 Å². The summed E-state index contributed by atoms with van der Waals surface area (Å²) in [7, 11) is 0. The number of dihydropyridines is 1. The number of thioether (sulfide) groups is 1. The Morgan fingerprint density at radius 2 is 1.85 bits per heavy atom. The average molecular weight is 561 g/mol. The second-order valence-corrected chi connectivity index (χ2v) is 9.52. The van der Waals surface area contributed by atoms with Crippen molar-refractivity contribution in [3.8, 4) is 6.07 Å². The number of ether oxygens (including phenoxy) is 1. The van der Waals surface area contributed by atoms with E-state index in [2.05, 4.69) is 22.0 Å². The van der Waals surface area contributed by atoms with Gasteiger partial charge in [0, 0.05) is 11.4 Å². The molecule has 1 aromatic heterocycles. The van der Waals surface area contributed by atoms with Gasteiger partial charge in [-0.3, -0.25) is 9.59 Å². The quantitative estimate of drug-likeness (QED) is 0.300. The van der Waals surface area contributed by atoms with Crippen LogP contribution in [0.5, 0.6) is 0 Å². The normalized spacial score (nSPS) is 14.7. The molecule has 0 fully saturated rings. The number of furan rings is 1. The maximum atomic E-state index is 14.2. The molecular weight excluding hydrogens is 535 g/mol. The Hall–Kier alpha value is -4.82. The highest BCUT2D eigenvalue weighted by Crippen LogP contribution is 2.41. The molecule has 3 aromatic rings. The van der Waals surface area contributed by atoms with Crippen LogP contribution in [0.3, 0.4) is 0 Å². The van der Waals surface area contributed by atoms with E-state index in [0.29, 0.717) is 27.7 Å². The topological polar surface area (TPSA) is 133 Å². The molecule has 9 nitrogen and oxygen atoms in total. The van der Waals surface area contributed by atoms with Gasteiger partial charge >= 0.3 is 5.97 Å². The molecular formula is C29H25FN4O5S. The highest BCUT2D eigenvalue weighted by molar-refractivity contribution is 8.03. The number of para-hydroxylation sites is 1. The first kappa shape index (κ1) is 28.2. The number of nitrogens with one attached hydrogen (secondary N) is 3. The first-order valence-corrected chi connectivity index (χ1v) is 13.2. The van der Waals surface area contributed by atoms with E-state index in [1.165, 1.54) is 24.5 Å². The Balaban J connectivity index is 1.51. The van der Waals surface area contributed by atoms with Crippen LogP contribution >= 0.6 is 11.8 Å². The van der Waals surface area contributed by atoms with Gasteiger partial charge in [0.1, 0.15) is 11.6 Å². The lowest BCUT2D eigenvalue weighted by Crippen LogP contribution is -2.31. The third-order valence-electron chi connectivity index (χ3n) is 5.87. The number of halogens is 1. The maximum absolute atomic E-state index is 14.2. The number of esters is 1. The van der Waals surface area contributed by atoms with E-state index in [1.54, 1.807) is 56.3 Å². The zero-order valence-corrected chi connectivity index (χ0v) is 22.4. The molecule has 0 aliphatic carbocycles. The van der Waals surface area contributed by atoms with E-state index >= 15 is 0 Å². The highest BCUT2D eigenvalue weighted by atomic mass is 32.2. The molecule has 40 heavy (non-hydrogen) atoms. The number of allylic oxidation sites excluding steroid dienone is 2. The van der Waals surface area contributed by atoms with Crippen LogP contribution in [0.15, 0.2) is 93.2 Å². The largest absolute Gasteiger partial charge is 0.468 e. The lowest BCUT2D eigenvalue weighted by atomic mass is 9.85. The number of anilines is 2. The minimum Gasteiger partial charge on any atom is -0.468 e. The number of carbonyl (C=O) groups excluding carboxylic acids is 3. The Bertz CT molecular complexity index is 1520. The fourth-order valence-corrected chi connectivity index (χ4v) is 4.95. The summed E-state index contributed by atoms with van der Waals surface area (Å²) in [6.45, 7) is 3.64. The molecule has 1 aliphatic rings. The van der Waals surface area contributed by atoms with Crippen molar-refractivity contribution < 1.29 is 27.9 Å². The molecule has 0 radical (unpaired) electrons. The molecule has 1 atom stereocenters. The average Bonchev–Trinajstić information content (AvgIpc) is 3.48. The number of nitriles is 1. The zero-order chi connectivity index (χ0) is 28.6. The molecule has 2 aromatic carbocycles. The van der Waals surface area contributed by atoms with Crippen molar-refractivity contribution in [2.75, 3.05) is 23.0 Å². The summed E-state index contributed by atoms with van der Waals surface area (Å²) >= 11 is 1.09. The molecule has 2 heterocycles. The summed E-state index contributed by atoms with van der Waals surface area (Å²) in [5.41, 5.74) is 1.64. The van der Waals surface area contributed by atoms with Crippen molar-refractivity contribution in [1.82, 2.24) is 5.32 Å². The minimum atomic E-state index is -0.881. The molecule has 11 heteroatoms. The lowest BCUT2D eigenvalue weighted by molar-refractivity contribution is -0.114. The van der Waals surface area contributed by atoms with Gasteiger partial charge in [0.2, 0.25) is 5.91 Å². The number of nitrogens with zero attached hydrogens (tertiary/aromatic N) is 1. The van der Waals surface area contributed by atoms with E-state index in [9.17, 15) is 24.0 Å². The third-order valence-corrected chi connectivity index (χ3v) is 6.89. The van der Waals surface area contributed by atoms with Gasteiger partial charge in [-0.2, -0.15) is 5.26 Å². The molecule has 4 rings (SSSR count). The van der Waals surface area contributed by atoms with Crippen molar-refractivity contribution in [1.29, 1.82) is 5.26 Å². The molecule has 3 N–H and O–H groups in total. The van der Waals surface area contributed by atoms with Crippen molar-refractivity contribution in [2.24, 2.45) is 0 Å². The first-order valence-electron chi connectivity index (χ1n) is 12.2. The second-order valence-electron chi connectivity index (χ2n) is 8.54. The Labute approximate surface area is 234 Å². The SMILES string of the molecule is CCOC(=O)c1ccc(NC(=O)CSC2=C(C#N)[C@H](c3ccco3)C(C(=O)Nc3ccccc3F)=C(C)N2)cc1. The molecule has 0 unspecified atom stereocenters. The van der Waals surface area contributed by atoms with Crippen LogP contribution in [0.1, 0.15) is 35.9 Å². The minimum absolute atomic E-state index is 0.000568. The number of hydrogen-bond acceptors (Lipinski definition) is 8. The van der Waals surface area contributed by atoms with Gasteiger partial charge in [-0.15, -0.1) is 0 Å². The summed E-state index contributed by atoms with van der Waals surface area (Å²) in [6.07, 6.45) is 1.43. The van der Waals surface area contributed by atoms with E-state index in [1.807, 2.05) is 0 Å². The molecule has 0 spiro atoms. The molecule has 0 bridgehead atoms. The van der Waals surface area contributed by atoms with Crippen LogP contribution in [-0.2, 0) is 14.3 Å². The van der Waals surface area contributed by atoms with E-state index in [4.69, 9.17) is 9.15 Å². The van der Waals surface area contributed by atoms with Crippen LogP contribution in [0, 0.1) is 17.1 Å². The number of rotatable bonds is 9. The van der Waals surface area contributed by atoms with Crippen molar-refractivity contribution >= 4 is 40.9 Å². The zero-order valence-electron chi connectivity index (χ0n) is 21.6. The first-order chi connectivity index (χ1) is 19.3. The smallest absolute Gasteiger partial charge is 0.338 e. The number of amides is 2. The van der Waals surface area contributed by atoms with Gasteiger partial charge in [0.15, 0.2) is 0 Å². The van der Waals surface area contributed by atoms with Crippen LogP contribution in [-0.4, -0.2) is 30.1 Å². The van der Waals surface area contributed by atoms with Gasteiger partial charge in [0.25, 0.3) is 5.91 Å². The predicted molar refractivity (Wildman–Crippen MR) is 148 cm³/mol. The Morgan fingerprint density at radius 1 is 1.10 bits per heavy atom. The fraction of sp³-hybridized carbons (Fsp3) is 0.172. The van der Waals surface area contributed by atoms with Crippen LogP contribution in [0.2, 0.25) is 0 Å². The predicted octanol–water partition coefficient (Wildman–Crippen LogP) is 5.30. The van der Waals surface area contributed by atoms with E-state index < -0.39 is 23.6 Å². The van der Waals surface area contributed by atoms with E-state index in [0.717, 1.165) is 11.8 Å². The van der Waals surface area contributed by atoms with Gasteiger partial charge in [0.05, 0.1) is 58.0 Å². The molecule has 204 valence electrons.